The summed E-state index contributed by atoms with van der Waals surface area (Å²) in [4.78, 5) is 17.9. The molecule has 0 spiro atoms. The molecule has 4 heteroatoms. The second kappa shape index (κ2) is 8.73. The molecule has 122 valence electrons. The third-order valence-electron chi connectivity index (χ3n) is 3.66. The van der Waals surface area contributed by atoms with Crippen molar-refractivity contribution in [3.05, 3.63) is 60.4 Å². The van der Waals surface area contributed by atoms with E-state index in [1.165, 1.54) is 4.90 Å². The van der Waals surface area contributed by atoms with Gasteiger partial charge in [-0.15, -0.1) is 11.8 Å². The van der Waals surface area contributed by atoms with Gasteiger partial charge in [-0.25, -0.2) is 0 Å². The predicted octanol–water partition coefficient (Wildman–Crippen LogP) is 4.12. The largest absolute Gasteiger partial charge is 0.354 e. The first kappa shape index (κ1) is 17.5. The standard InChI is InChI=1S/C19H24N2OS/c1-14(2)18(16-9-11-20-12-10-16)19(22)21-13-15(3)23-17-7-5-4-6-8-17/h4-12,14-15,18H,13H2,1-3H3,(H,21,22)/t15-,18-/m1/s1. The molecule has 1 aromatic heterocycles. The molecule has 0 unspecified atom stereocenters. The van der Waals surface area contributed by atoms with Crippen LogP contribution < -0.4 is 5.32 Å². The van der Waals surface area contributed by atoms with Crippen molar-refractivity contribution in [1.29, 1.82) is 0 Å². The van der Waals surface area contributed by atoms with E-state index < -0.39 is 0 Å². The quantitative estimate of drug-likeness (QED) is 0.778. The Labute approximate surface area is 142 Å². The highest BCUT2D eigenvalue weighted by molar-refractivity contribution is 8.00. The van der Waals surface area contributed by atoms with Gasteiger partial charge in [-0.2, -0.15) is 0 Å². The van der Waals surface area contributed by atoms with Gasteiger partial charge in [-0.1, -0.05) is 39.0 Å². The lowest BCUT2D eigenvalue weighted by Gasteiger charge is -2.22. The smallest absolute Gasteiger partial charge is 0.227 e. The molecule has 0 saturated carbocycles. The van der Waals surface area contributed by atoms with Gasteiger partial charge in [0.25, 0.3) is 0 Å². The van der Waals surface area contributed by atoms with Crippen LogP contribution >= 0.6 is 11.8 Å². The maximum Gasteiger partial charge on any atom is 0.227 e. The van der Waals surface area contributed by atoms with E-state index >= 15 is 0 Å². The lowest BCUT2D eigenvalue weighted by molar-refractivity contribution is -0.123. The fraction of sp³-hybridized carbons (Fsp3) is 0.368. The van der Waals surface area contributed by atoms with E-state index in [0.717, 1.165) is 5.56 Å². The molecule has 2 aromatic rings. The SMILES string of the molecule is CC(C)[C@@H](C(=O)NC[C@@H](C)Sc1ccccc1)c1ccncc1. The zero-order valence-corrected chi connectivity index (χ0v) is 14.7. The lowest BCUT2D eigenvalue weighted by Crippen LogP contribution is -2.35. The number of pyridine rings is 1. The Kier molecular flexibility index (Phi) is 6.66. The summed E-state index contributed by atoms with van der Waals surface area (Å²) in [5.74, 6) is 0.202. The average molecular weight is 328 g/mol. The summed E-state index contributed by atoms with van der Waals surface area (Å²) in [7, 11) is 0. The van der Waals surface area contributed by atoms with E-state index in [9.17, 15) is 4.79 Å². The minimum atomic E-state index is -0.132. The van der Waals surface area contributed by atoms with Gasteiger partial charge in [0.15, 0.2) is 0 Å². The fourth-order valence-electron chi connectivity index (χ4n) is 2.54. The molecule has 1 heterocycles. The molecule has 2 rings (SSSR count). The first-order chi connectivity index (χ1) is 11.1. The van der Waals surface area contributed by atoms with Crippen molar-refractivity contribution in [2.75, 3.05) is 6.54 Å². The maximum atomic E-state index is 12.6. The number of nitrogens with one attached hydrogen (secondary N) is 1. The first-order valence-electron chi connectivity index (χ1n) is 7.97. The van der Waals surface area contributed by atoms with E-state index in [1.807, 2.05) is 30.3 Å². The van der Waals surface area contributed by atoms with Crippen molar-refractivity contribution in [2.45, 2.75) is 36.8 Å². The molecule has 0 radical (unpaired) electrons. The van der Waals surface area contributed by atoms with Crippen molar-refractivity contribution in [3.8, 4) is 0 Å². The molecule has 1 amide bonds. The minimum Gasteiger partial charge on any atom is -0.354 e. The Morgan fingerprint density at radius 1 is 1.09 bits per heavy atom. The number of carbonyl (C=O) groups is 1. The van der Waals surface area contributed by atoms with Crippen LogP contribution in [0.2, 0.25) is 0 Å². The molecule has 0 aliphatic rings. The average Bonchev–Trinajstić information content (AvgIpc) is 2.55. The van der Waals surface area contributed by atoms with E-state index in [2.05, 4.69) is 43.2 Å². The molecule has 0 saturated heterocycles. The Morgan fingerprint density at radius 3 is 2.35 bits per heavy atom. The maximum absolute atomic E-state index is 12.6. The summed E-state index contributed by atoms with van der Waals surface area (Å²) >= 11 is 1.78. The molecule has 3 nitrogen and oxygen atoms in total. The summed E-state index contributed by atoms with van der Waals surface area (Å²) in [6.07, 6.45) is 3.48. The van der Waals surface area contributed by atoms with E-state index in [4.69, 9.17) is 0 Å². The van der Waals surface area contributed by atoms with Crippen molar-refractivity contribution < 1.29 is 4.79 Å². The second-order valence-corrected chi connectivity index (χ2v) is 7.50. The highest BCUT2D eigenvalue weighted by Crippen LogP contribution is 2.25. The molecule has 0 aliphatic heterocycles. The molecule has 0 bridgehead atoms. The third-order valence-corrected chi connectivity index (χ3v) is 4.77. The van der Waals surface area contributed by atoms with Crippen molar-refractivity contribution in [3.63, 3.8) is 0 Å². The molecule has 0 aliphatic carbocycles. The Bertz CT molecular complexity index is 601. The van der Waals surface area contributed by atoms with E-state index in [0.29, 0.717) is 11.8 Å². The molecule has 0 fully saturated rings. The first-order valence-corrected chi connectivity index (χ1v) is 8.85. The van der Waals surface area contributed by atoms with Gasteiger partial charge in [-0.05, 0) is 35.7 Å². The van der Waals surface area contributed by atoms with Crippen LogP contribution in [0.4, 0.5) is 0 Å². The normalized spacial score (nSPS) is 13.6. The number of carbonyl (C=O) groups excluding carboxylic acids is 1. The molecule has 23 heavy (non-hydrogen) atoms. The van der Waals surface area contributed by atoms with Crippen LogP contribution in [0.15, 0.2) is 59.8 Å². The second-order valence-electron chi connectivity index (χ2n) is 5.99. The van der Waals surface area contributed by atoms with Crippen molar-refractivity contribution >= 4 is 17.7 Å². The number of hydrogen-bond donors (Lipinski definition) is 1. The predicted molar refractivity (Wildman–Crippen MR) is 96.6 cm³/mol. The fourth-order valence-corrected chi connectivity index (χ4v) is 3.48. The Balaban J connectivity index is 1.92. The van der Waals surface area contributed by atoms with E-state index in [1.54, 1.807) is 24.2 Å². The Hall–Kier alpha value is -1.81. The molecular formula is C19H24N2OS. The number of benzene rings is 1. The van der Waals surface area contributed by atoms with Gasteiger partial charge in [0.1, 0.15) is 0 Å². The minimum absolute atomic E-state index is 0.0895. The number of thioether (sulfide) groups is 1. The van der Waals surface area contributed by atoms with Gasteiger partial charge in [0.2, 0.25) is 5.91 Å². The zero-order valence-electron chi connectivity index (χ0n) is 13.9. The van der Waals surface area contributed by atoms with Crippen LogP contribution in [0.3, 0.4) is 0 Å². The third kappa shape index (κ3) is 5.39. The van der Waals surface area contributed by atoms with Crippen LogP contribution in [-0.4, -0.2) is 22.7 Å². The zero-order chi connectivity index (χ0) is 16.7. The van der Waals surface area contributed by atoms with Crippen molar-refractivity contribution in [1.82, 2.24) is 10.3 Å². The van der Waals surface area contributed by atoms with Crippen molar-refractivity contribution in [2.24, 2.45) is 5.92 Å². The van der Waals surface area contributed by atoms with Gasteiger partial charge in [-0.3, -0.25) is 9.78 Å². The summed E-state index contributed by atoms with van der Waals surface area (Å²) in [6.45, 7) is 6.95. The summed E-state index contributed by atoms with van der Waals surface area (Å²) in [5, 5.41) is 3.43. The lowest BCUT2D eigenvalue weighted by atomic mass is 9.88. The number of nitrogens with zero attached hydrogens (tertiary/aromatic N) is 1. The molecular weight excluding hydrogens is 304 g/mol. The highest BCUT2D eigenvalue weighted by atomic mass is 32.2. The van der Waals surface area contributed by atoms with Gasteiger partial charge in [0, 0.05) is 29.1 Å². The van der Waals surface area contributed by atoms with Crippen LogP contribution in [0, 0.1) is 5.92 Å². The number of rotatable bonds is 7. The number of amides is 1. The molecule has 1 N–H and O–H groups in total. The Morgan fingerprint density at radius 2 is 1.74 bits per heavy atom. The van der Waals surface area contributed by atoms with Gasteiger partial charge in [0.05, 0.1) is 5.92 Å². The topological polar surface area (TPSA) is 42.0 Å². The summed E-state index contributed by atoms with van der Waals surface area (Å²) < 4.78 is 0. The number of aromatic nitrogens is 1. The molecule has 2 atom stereocenters. The summed E-state index contributed by atoms with van der Waals surface area (Å²) in [5.41, 5.74) is 1.02. The van der Waals surface area contributed by atoms with Gasteiger partial charge < -0.3 is 5.32 Å². The molecule has 1 aromatic carbocycles. The summed E-state index contributed by atoms with van der Waals surface area (Å²) in [6, 6.07) is 14.1. The number of hydrogen-bond acceptors (Lipinski definition) is 3. The monoisotopic (exact) mass is 328 g/mol. The van der Waals surface area contributed by atoms with Crippen LogP contribution in [0.1, 0.15) is 32.3 Å². The van der Waals surface area contributed by atoms with E-state index in [-0.39, 0.29) is 17.7 Å². The van der Waals surface area contributed by atoms with Crippen LogP contribution in [0.25, 0.3) is 0 Å². The van der Waals surface area contributed by atoms with Gasteiger partial charge >= 0.3 is 0 Å². The van der Waals surface area contributed by atoms with Crippen LogP contribution in [0.5, 0.6) is 0 Å². The van der Waals surface area contributed by atoms with Crippen LogP contribution in [-0.2, 0) is 4.79 Å². The highest BCUT2D eigenvalue weighted by Gasteiger charge is 2.24.